The van der Waals surface area contributed by atoms with Gasteiger partial charge in [0, 0.05) is 38.6 Å². The fraction of sp³-hybridized carbons (Fsp3) is 0.647. The number of nitrogens with two attached hydrogens (primary N) is 1. The summed E-state index contributed by atoms with van der Waals surface area (Å²) < 4.78 is 0. The van der Waals surface area contributed by atoms with Gasteiger partial charge in [0.05, 0.1) is 12.1 Å². The fourth-order valence-electron chi connectivity index (χ4n) is 3.16. The van der Waals surface area contributed by atoms with Crippen LogP contribution in [0.25, 0.3) is 0 Å². The van der Waals surface area contributed by atoms with Gasteiger partial charge in [0.25, 0.3) is 0 Å². The zero-order chi connectivity index (χ0) is 16.7. The summed E-state index contributed by atoms with van der Waals surface area (Å²) in [5, 5.41) is 11.0. The molecule has 2 heterocycles. The zero-order valence-corrected chi connectivity index (χ0v) is 13.9. The van der Waals surface area contributed by atoms with Crippen LogP contribution in [0.1, 0.15) is 31.7 Å². The number of aromatic nitrogens is 1. The molecule has 3 N–H and O–H groups in total. The van der Waals surface area contributed by atoms with Crippen LogP contribution in [-0.4, -0.2) is 64.1 Å². The number of aliphatic hydroxyl groups is 1. The van der Waals surface area contributed by atoms with Gasteiger partial charge in [-0.05, 0) is 43.5 Å². The average molecular weight is 320 g/mol. The van der Waals surface area contributed by atoms with Crippen LogP contribution in [0.2, 0.25) is 0 Å². The second kappa shape index (κ2) is 8.38. The lowest BCUT2D eigenvalue weighted by Crippen LogP contribution is -2.44. The molecule has 23 heavy (non-hydrogen) atoms. The minimum atomic E-state index is -0.743. The van der Waals surface area contributed by atoms with Gasteiger partial charge in [0.1, 0.15) is 0 Å². The van der Waals surface area contributed by atoms with E-state index in [2.05, 4.69) is 16.8 Å². The number of hydrogen-bond acceptors (Lipinski definition) is 5. The van der Waals surface area contributed by atoms with Gasteiger partial charge < -0.3 is 15.7 Å². The molecule has 1 fully saturated rings. The lowest BCUT2D eigenvalue weighted by Gasteiger charge is -2.33. The van der Waals surface area contributed by atoms with Crippen molar-refractivity contribution in [1.82, 2.24) is 14.8 Å². The molecule has 0 spiro atoms. The molecule has 1 aliphatic rings. The first kappa shape index (κ1) is 17.8. The summed E-state index contributed by atoms with van der Waals surface area (Å²) in [6, 6.07) is 4.00. The molecule has 0 aromatic carbocycles. The SMILES string of the molecule is CCN(Cc1ccncc1)CC1(O)CCCN(C(=O)CN)CC1. The Morgan fingerprint density at radius 1 is 1.39 bits per heavy atom. The van der Waals surface area contributed by atoms with Crippen LogP contribution in [0.3, 0.4) is 0 Å². The molecule has 0 aliphatic carbocycles. The van der Waals surface area contributed by atoms with Crippen LogP contribution in [0, 0.1) is 0 Å². The molecule has 1 amide bonds. The number of amides is 1. The molecule has 128 valence electrons. The highest BCUT2D eigenvalue weighted by atomic mass is 16.3. The highest BCUT2D eigenvalue weighted by Gasteiger charge is 2.32. The Hall–Kier alpha value is -1.50. The lowest BCUT2D eigenvalue weighted by atomic mass is 9.94. The van der Waals surface area contributed by atoms with Gasteiger partial charge in [-0.15, -0.1) is 0 Å². The van der Waals surface area contributed by atoms with Crippen molar-refractivity contribution in [3.8, 4) is 0 Å². The minimum absolute atomic E-state index is 0.0293. The molecule has 1 aromatic rings. The molecule has 0 radical (unpaired) electrons. The van der Waals surface area contributed by atoms with E-state index in [1.165, 1.54) is 5.56 Å². The quantitative estimate of drug-likeness (QED) is 0.802. The first-order chi connectivity index (χ1) is 11.1. The standard InChI is InChI=1S/C17H28N4O2/c1-2-20(13-15-4-8-19-9-5-15)14-17(23)6-3-10-21(11-7-17)16(22)12-18/h4-5,8-9,23H,2-3,6-7,10-14,18H2,1H3. The van der Waals surface area contributed by atoms with Gasteiger partial charge in [-0.2, -0.15) is 0 Å². The maximum absolute atomic E-state index is 11.8. The maximum Gasteiger partial charge on any atom is 0.236 e. The van der Waals surface area contributed by atoms with Gasteiger partial charge >= 0.3 is 0 Å². The van der Waals surface area contributed by atoms with E-state index in [0.717, 1.165) is 19.5 Å². The third-order valence-corrected chi connectivity index (χ3v) is 4.57. The summed E-state index contributed by atoms with van der Waals surface area (Å²) in [5.74, 6) is -0.0293. The van der Waals surface area contributed by atoms with E-state index in [9.17, 15) is 9.90 Å². The van der Waals surface area contributed by atoms with Crippen molar-refractivity contribution in [3.63, 3.8) is 0 Å². The molecule has 1 unspecified atom stereocenters. The molecule has 1 atom stereocenters. The summed E-state index contributed by atoms with van der Waals surface area (Å²) in [6.07, 6.45) is 5.72. The number of carbonyl (C=O) groups is 1. The Morgan fingerprint density at radius 3 is 2.78 bits per heavy atom. The van der Waals surface area contributed by atoms with Crippen LogP contribution in [0.5, 0.6) is 0 Å². The third kappa shape index (κ3) is 5.27. The van der Waals surface area contributed by atoms with Gasteiger partial charge in [-0.1, -0.05) is 6.92 Å². The van der Waals surface area contributed by atoms with Gasteiger partial charge in [-0.3, -0.25) is 14.7 Å². The molecule has 0 saturated carbocycles. The number of rotatable bonds is 6. The van der Waals surface area contributed by atoms with Crippen molar-refractivity contribution < 1.29 is 9.90 Å². The van der Waals surface area contributed by atoms with E-state index in [4.69, 9.17) is 5.73 Å². The lowest BCUT2D eigenvalue weighted by molar-refractivity contribution is -0.129. The van der Waals surface area contributed by atoms with E-state index < -0.39 is 5.60 Å². The Bertz CT molecular complexity index is 497. The largest absolute Gasteiger partial charge is 0.388 e. The predicted octanol–water partition coefficient (Wildman–Crippen LogP) is 0.606. The molecular weight excluding hydrogens is 292 g/mol. The summed E-state index contributed by atoms with van der Waals surface area (Å²) >= 11 is 0. The van der Waals surface area contributed by atoms with E-state index in [1.54, 1.807) is 17.3 Å². The van der Waals surface area contributed by atoms with Crippen molar-refractivity contribution in [2.45, 2.75) is 38.3 Å². The van der Waals surface area contributed by atoms with Crippen molar-refractivity contribution >= 4 is 5.91 Å². The van der Waals surface area contributed by atoms with Crippen molar-refractivity contribution in [3.05, 3.63) is 30.1 Å². The molecular formula is C17H28N4O2. The first-order valence-electron chi connectivity index (χ1n) is 8.38. The summed E-state index contributed by atoms with van der Waals surface area (Å²) in [7, 11) is 0. The highest BCUT2D eigenvalue weighted by molar-refractivity contribution is 5.78. The van der Waals surface area contributed by atoms with Crippen molar-refractivity contribution in [1.29, 1.82) is 0 Å². The van der Waals surface area contributed by atoms with E-state index in [1.807, 2.05) is 12.1 Å². The molecule has 6 heteroatoms. The molecule has 1 saturated heterocycles. The summed E-state index contributed by atoms with van der Waals surface area (Å²) in [6.45, 7) is 5.71. The molecule has 1 aliphatic heterocycles. The minimum Gasteiger partial charge on any atom is -0.388 e. The van der Waals surface area contributed by atoms with E-state index in [-0.39, 0.29) is 12.5 Å². The van der Waals surface area contributed by atoms with E-state index in [0.29, 0.717) is 32.5 Å². The maximum atomic E-state index is 11.8. The van der Waals surface area contributed by atoms with Crippen LogP contribution in [0.4, 0.5) is 0 Å². The number of hydrogen-bond donors (Lipinski definition) is 2. The summed E-state index contributed by atoms with van der Waals surface area (Å²) in [4.78, 5) is 19.8. The topological polar surface area (TPSA) is 82.7 Å². The number of nitrogens with zero attached hydrogens (tertiary/aromatic N) is 3. The third-order valence-electron chi connectivity index (χ3n) is 4.57. The summed E-state index contributed by atoms with van der Waals surface area (Å²) in [5.41, 5.74) is 5.89. The Morgan fingerprint density at radius 2 is 2.13 bits per heavy atom. The zero-order valence-electron chi connectivity index (χ0n) is 13.9. The number of likely N-dealkylation sites (N-methyl/N-ethyl adjacent to an activating group) is 1. The Labute approximate surface area is 138 Å². The van der Waals surface area contributed by atoms with Gasteiger partial charge in [-0.25, -0.2) is 0 Å². The Balaban J connectivity index is 1.95. The van der Waals surface area contributed by atoms with Crippen molar-refractivity contribution in [2.75, 3.05) is 32.7 Å². The molecule has 0 bridgehead atoms. The molecule has 1 aromatic heterocycles. The normalized spacial score (nSPS) is 22.2. The smallest absolute Gasteiger partial charge is 0.236 e. The average Bonchev–Trinajstić information content (AvgIpc) is 2.76. The fourth-order valence-corrected chi connectivity index (χ4v) is 3.16. The van der Waals surface area contributed by atoms with Gasteiger partial charge in [0.15, 0.2) is 0 Å². The van der Waals surface area contributed by atoms with Crippen LogP contribution in [0.15, 0.2) is 24.5 Å². The number of carbonyl (C=O) groups excluding carboxylic acids is 1. The highest BCUT2D eigenvalue weighted by Crippen LogP contribution is 2.24. The number of pyridine rings is 1. The van der Waals surface area contributed by atoms with Crippen molar-refractivity contribution in [2.24, 2.45) is 5.73 Å². The van der Waals surface area contributed by atoms with E-state index >= 15 is 0 Å². The number of likely N-dealkylation sites (tertiary alicyclic amines) is 1. The Kier molecular flexibility index (Phi) is 6.50. The second-order valence-corrected chi connectivity index (χ2v) is 6.32. The monoisotopic (exact) mass is 320 g/mol. The second-order valence-electron chi connectivity index (χ2n) is 6.32. The molecule has 2 rings (SSSR count). The predicted molar refractivity (Wildman–Crippen MR) is 89.6 cm³/mol. The first-order valence-corrected chi connectivity index (χ1v) is 8.38. The van der Waals surface area contributed by atoms with Crippen LogP contribution < -0.4 is 5.73 Å². The van der Waals surface area contributed by atoms with Crippen LogP contribution >= 0.6 is 0 Å². The van der Waals surface area contributed by atoms with Crippen LogP contribution in [-0.2, 0) is 11.3 Å². The molecule has 6 nitrogen and oxygen atoms in total. The van der Waals surface area contributed by atoms with Gasteiger partial charge in [0.2, 0.25) is 5.91 Å².